The van der Waals surface area contributed by atoms with E-state index < -0.39 is 5.82 Å². The molecule has 2 heterocycles. The summed E-state index contributed by atoms with van der Waals surface area (Å²) in [6.07, 6.45) is 8.72. The molecule has 0 aliphatic heterocycles. The van der Waals surface area contributed by atoms with E-state index in [1.807, 2.05) is 18.2 Å². The van der Waals surface area contributed by atoms with E-state index in [-0.39, 0.29) is 5.56 Å². The van der Waals surface area contributed by atoms with E-state index in [0.717, 1.165) is 10.9 Å². The van der Waals surface area contributed by atoms with E-state index in [0.29, 0.717) is 27.9 Å². The summed E-state index contributed by atoms with van der Waals surface area (Å²) in [5, 5.41) is 4.55. The molecule has 130 valence electrons. The van der Waals surface area contributed by atoms with Crippen molar-refractivity contribution in [3.05, 3.63) is 77.3 Å². The highest BCUT2D eigenvalue weighted by Gasteiger charge is 2.11. The number of hydrogen-bond donors (Lipinski definition) is 1. The smallest absolute Gasteiger partial charge is 0.163 e. The molecule has 4 rings (SSSR count). The molecule has 0 saturated heterocycles. The van der Waals surface area contributed by atoms with Gasteiger partial charge in [0.15, 0.2) is 5.82 Å². The average molecular weight is 375 g/mol. The molecule has 4 nitrogen and oxygen atoms in total. The van der Waals surface area contributed by atoms with E-state index in [2.05, 4.69) is 26.2 Å². The Morgan fingerprint density at radius 2 is 1.96 bits per heavy atom. The van der Waals surface area contributed by atoms with Gasteiger partial charge in [-0.3, -0.25) is 4.98 Å². The molecule has 0 atom stereocenters. The number of terminal acetylenes is 1. The second-order valence-corrected chi connectivity index (χ2v) is 6.20. The van der Waals surface area contributed by atoms with E-state index in [4.69, 9.17) is 18.0 Å². The lowest BCUT2D eigenvalue weighted by atomic mass is 10.1. The van der Waals surface area contributed by atoms with Gasteiger partial charge in [0.2, 0.25) is 0 Å². The van der Waals surface area contributed by atoms with Crippen molar-refractivity contribution in [2.45, 2.75) is 0 Å². The molecule has 1 N–H and O–H groups in total. The number of benzene rings is 2. The minimum atomic E-state index is -0.446. The highest BCUT2D eigenvalue weighted by atomic mass is 35.5. The standard InChI is InChI=1S/C21H12ClFN4/c1-2-13-10-16(6-8-18(13)23)25-21-17-7-5-15(22)11-19(17)26-20(27-21)14-4-3-9-24-12-14/h1,3-12H,(H,25,26,27). The largest absolute Gasteiger partial charge is 0.340 e. The highest BCUT2D eigenvalue weighted by molar-refractivity contribution is 6.31. The third-order valence-corrected chi connectivity index (χ3v) is 4.20. The number of fused-ring (bicyclic) bond motifs is 1. The number of halogens is 2. The van der Waals surface area contributed by atoms with Crippen molar-refractivity contribution in [2.75, 3.05) is 5.32 Å². The maximum Gasteiger partial charge on any atom is 0.163 e. The van der Waals surface area contributed by atoms with Gasteiger partial charge in [-0.05, 0) is 48.5 Å². The predicted molar refractivity (Wildman–Crippen MR) is 105 cm³/mol. The Morgan fingerprint density at radius 3 is 2.74 bits per heavy atom. The minimum Gasteiger partial charge on any atom is -0.340 e. The van der Waals surface area contributed by atoms with Crippen LogP contribution in [0.1, 0.15) is 5.56 Å². The van der Waals surface area contributed by atoms with Crippen LogP contribution in [0.5, 0.6) is 0 Å². The Kier molecular flexibility index (Phi) is 4.41. The van der Waals surface area contributed by atoms with E-state index in [1.165, 1.54) is 6.07 Å². The summed E-state index contributed by atoms with van der Waals surface area (Å²) in [6.45, 7) is 0. The Hall–Kier alpha value is -3.49. The van der Waals surface area contributed by atoms with Crippen molar-refractivity contribution >= 4 is 34.0 Å². The summed E-state index contributed by atoms with van der Waals surface area (Å²) in [5.74, 6) is 2.94. The van der Waals surface area contributed by atoms with Gasteiger partial charge in [0, 0.05) is 34.1 Å². The SMILES string of the molecule is C#Cc1cc(Nc2nc(-c3cccnc3)nc3cc(Cl)ccc23)ccc1F. The maximum absolute atomic E-state index is 13.7. The van der Waals surface area contributed by atoms with Gasteiger partial charge in [-0.15, -0.1) is 6.42 Å². The van der Waals surface area contributed by atoms with Crippen LogP contribution in [0.4, 0.5) is 15.9 Å². The lowest BCUT2D eigenvalue weighted by Crippen LogP contribution is -2.00. The third kappa shape index (κ3) is 3.43. The third-order valence-electron chi connectivity index (χ3n) is 3.96. The van der Waals surface area contributed by atoms with Crippen molar-refractivity contribution < 1.29 is 4.39 Å². The zero-order valence-corrected chi connectivity index (χ0v) is 14.7. The fourth-order valence-electron chi connectivity index (χ4n) is 2.67. The monoisotopic (exact) mass is 374 g/mol. The molecule has 0 amide bonds. The fourth-order valence-corrected chi connectivity index (χ4v) is 2.84. The lowest BCUT2D eigenvalue weighted by molar-refractivity contribution is 0.624. The van der Waals surface area contributed by atoms with Crippen LogP contribution in [0.15, 0.2) is 60.9 Å². The van der Waals surface area contributed by atoms with E-state index in [9.17, 15) is 4.39 Å². The predicted octanol–water partition coefficient (Wildman–Crippen LogP) is 5.21. The van der Waals surface area contributed by atoms with Gasteiger partial charge >= 0.3 is 0 Å². The van der Waals surface area contributed by atoms with Gasteiger partial charge in [-0.2, -0.15) is 0 Å². The first-order valence-corrected chi connectivity index (χ1v) is 8.43. The van der Waals surface area contributed by atoms with Crippen LogP contribution < -0.4 is 5.32 Å². The molecule has 4 aromatic rings. The maximum atomic E-state index is 13.7. The van der Waals surface area contributed by atoms with Crippen LogP contribution in [0.3, 0.4) is 0 Å². The van der Waals surface area contributed by atoms with Gasteiger partial charge in [-0.1, -0.05) is 17.5 Å². The summed E-state index contributed by atoms with van der Waals surface area (Å²) >= 11 is 6.13. The van der Waals surface area contributed by atoms with Crippen LogP contribution in [-0.2, 0) is 0 Å². The van der Waals surface area contributed by atoms with Gasteiger partial charge in [0.05, 0.1) is 11.1 Å². The second-order valence-electron chi connectivity index (χ2n) is 5.76. The Labute approximate surface area is 160 Å². The Balaban J connectivity index is 1.87. The van der Waals surface area contributed by atoms with Crippen LogP contribution >= 0.6 is 11.6 Å². The first-order valence-electron chi connectivity index (χ1n) is 8.05. The molecule has 0 bridgehead atoms. The number of nitrogens with zero attached hydrogens (tertiary/aromatic N) is 3. The second kappa shape index (κ2) is 7.02. The van der Waals surface area contributed by atoms with Gasteiger partial charge in [0.1, 0.15) is 11.6 Å². The molecule has 0 aliphatic rings. The molecule has 0 unspecified atom stereocenters. The normalized spacial score (nSPS) is 10.6. The number of pyridine rings is 1. The van der Waals surface area contributed by atoms with Crippen LogP contribution in [0, 0.1) is 18.2 Å². The quantitative estimate of drug-likeness (QED) is 0.500. The van der Waals surface area contributed by atoms with Crippen LogP contribution in [0.2, 0.25) is 5.02 Å². The van der Waals surface area contributed by atoms with E-state index >= 15 is 0 Å². The zero-order valence-electron chi connectivity index (χ0n) is 13.9. The van der Waals surface area contributed by atoms with Gasteiger partial charge < -0.3 is 5.32 Å². The molecule has 0 radical (unpaired) electrons. The number of aromatic nitrogens is 3. The van der Waals surface area contributed by atoms with Crippen LogP contribution in [0.25, 0.3) is 22.3 Å². The molecule has 0 aliphatic carbocycles. The van der Waals surface area contributed by atoms with Gasteiger partial charge in [0.25, 0.3) is 0 Å². The number of rotatable bonds is 3. The molecule has 2 aromatic carbocycles. The average Bonchev–Trinajstić information content (AvgIpc) is 2.69. The lowest BCUT2D eigenvalue weighted by Gasteiger charge is -2.12. The first kappa shape index (κ1) is 17.0. The minimum absolute atomic E-state index is 0.175. The highest BCUT2D eigenvalue weighted by Crippen LogP contribution is 2.29. The molecule has 27 heavy (non-hydrogen) atoms. The molecule has 0 saturated carbocycles. The molecule has 6 heteroatoms. The van der Waals surface area contributed by atoms with Crippen molar-refractivity contribution in [3.63, 3.8) is 0 Å². The molecule has 2 aromatic heterocycles. The zero-order chi connectivity index (χ0) is 18.8. The number of anilines is 2. The molecular weight excluding hydrogens is 363 g/mol. The fraction of sp³-hybridized carbons (Fsp3) is 0. The Bertz CT molecular complexity index is 1190. The topological polar surface area (TPSA) is 50.7 Å². The Morgan fingerprint density at radius 1 is 1.07 bits per heavy atom. The number of hydrogen-bond acceptors (Lipinski definition) is 4. The van der Waals surface area contributed by atoms with Crippen molar-refractivity contribution in [3.8, 4) is 23.7 Å². The van der Waals surface area contributed by atoms with Crippen molar-refractivity contribution in [1.29, 1.82) is 0 Å². The number of nitrogens with one attached hydrogen (secondary N) is 1. The van der Waals surface area contributed by atoms with Crippen molar-refractivity contribution in [2.24, 2.45) is 0 Å². The molecular formula is C21H12ClFN4. The van der Waals surface area contributed by atoms with Gasteiger partial charge in [-0.25, -0.2) is 14.4 Å². The summed E-state index contributed by atoms with van der Waals surface area (Å²) < 4.78 is 13.7. The van der Waals surface area contributed by atoms with E-state index in [1.54, 1.807) is 36.7 Å². The molecule has 0 spiro atoms. The summed E-state index contributed by atoms with van der Waals surface area (Å²) in [5.41, 5.74) is 2.24. The summed E-state index contributed by atoms with van der Waals surface area (Å²) in [4.78, 5) is 13.3. The molecule has 0 fully saturated rings. The first-order chi connectivity index (χ1) is 13.1. The summed E-state index contributed by atoms with van der Waals surface area (Å²) in [7, 11) is 0. The van der Waals surface area contributed by atoms with Crippen molar-refractivity contribution in [1.82, 2.24) is 15.0 Å². The summed E-state index contributed by atoms with van der Waals surface area (Å²) in [6, 6.07) is 13.5. The van der Waals surface area contributed by atoms with Crippen LogP contribution in [-0.4, -0.2) is 15.0 Å².